The van der Waals surface area contributed by atoms with Crippen LogP contribution in [0.2, 0.25) is 0 Å². The molecule has 1 aliphatic heterocycles. The second-order valence-corrected chi connectivity index (χ2v) is 7.67. The zero-order chi connectivity index (χ0) is 19.1. The van der Waals surface area contributed by atoms with Gasteiger partial charge in [-0.15, -0.1) is 6.42 Å². The predicted molar refractivity (Wildman–Crippen MR) is 102 cm³/mol. The van der Waals surface area contributed by atoms with Gasteiger partial charge >= 0.3 is 0 Å². The van der Waals surface area contributed by atoms with Gasteiger partial charge < -0.3 is 9.47 Å². The summed E-state index contributed by atoms with van der Waals surface area (Å²) in [5.74, 6) is 2.56. The van der Waals surface area contributed by atoms with Gasteiger partial charge in [0.1, 0.15) is 6.61 Å². The topological polar surface area (TPSA) is 68.2 Å². The van der Waals surface area contributed by atoms with Gasteiger partial charge in [-0.25, -0.2) is 0 Å². The van der Waals surface area contributed by atoms with Crippen molar-refractivity contribution in [2.45, 2.75) is 6.42 Å². The Labute approximate surface area is 165 Å². The number of carbonyl (C=O) groups is 2. The van der Waals surface area contributed by atoms with Crippen molar-refractivity contribution in [3.05, 3.63) is 34.3 Å². The second kappa shape index (κ2) is 6.86. The largest absolute Gasteiger partial charge is 0.493 e. The smallest absolute Gasteiger partial charge is 0.254 e. The Bertz CT molecular complexity index is 887. The molecule has 2 fully saturated rings. The number of benzene rings is 1. The maximum absolute atomic E-state index is 12.7. The first-order valence-electron chi connectivity index (χ1n) is 8.59. The first kappa shape index (κ1) is 17.8. The average Bonchev–Trinajstić information content (AvgIpc) is 3.33. The van der Waals surface area contributed by atoms with Gasteiger partial charge in [-0.3, -0.25) is 9.59 Å². The number of ether oxygens (including phenoxy) is 2. The number of rotatable bonds is 5. The van der Waals surface area contributed by atoms with Crippen molar-refractivity contribution in [3.63, 3.8) is 0 Å². The summed E-state index contributed by atoms with van der Waals surface area (Å²) in [6.45, 7) is 0.0551. The van der Waals surface area contributed by atoms with E-state index in [2.05, 4.69) is 39.1 Å². The number of fused-ring (bicyclic) bond motifs is 5. The fourth-order valence-corrected chi connectivity index (χ4v) is 4.68. The summed E-state index contributed by atoms with van der Waals surface area (Å²) in [5, 5.41) is 5.19. The van der Waals surface area contributed by atoms with Crippen molar-refractivity contribution in [1.82, 2.24) is 5.01 Å². The number of terminal acetylenes is 1. The van der Waals surface area contributed by atoms with Crippen molar-refractivity contribution in [2.24, 2.45) is 28.8 Å². The van der Waals surface area contributed by atoms with E-state index in [1.807, 2.05) is 0 Å². The molecule has 0 aromatic heterocycles. The zero-order valence-corrected chi connectivity index (χ0v) is 16.2. The van der Waals surface area contributed by atoms with Gasteiger partial charge in [0.15, 0.2) is 11.5 Å². The number of halogens is 1. The van der Waals surface area contributed by atoms with Crippen LogP contribution in [0.25, 0.3) is 0 Å². The van der Waals surface area contributed by atoms with Gasteiger partial charge in [0, 0.05) is 10.0 Å². The molecule has 4 atom stereocenters. The molecule has 138 valence electrons. The van der Waals surface area contributed by atoms with Crippen LogP contribution in [-0.4, -0.2) is 36.8 Å². The lowest BCUT2D eigenvalue weighted by atomic mass is 9.85. The van der Waals surface area contributed by atoms with Gasteiger partial charge in [-0.2, -0.15) is 10.1 Å². The summed E-state index contributed by atoms with van der Waals surface area (Å²) in [7, 11) is 1.52. The Hall–Kier alpha value is -2.59. The third-order valence-electron chi connectivity index (χ3n) is 5.33. The molecule has 1 saturated heterocycles. The van der Waals surface area contributed by atoms with E-state index in [-0.39, 0.29) is 42.1 Å². The molecule has 1 aromatic rings. The molecule has 0 N–H and O–H groups in total. The van der Waals surface area contributed by atoms with E-state index in [4.69, 9.17) is 15.9 Å². The van der Waals surface area contributed by atoms with Crippen LogP contribution in [0, 0.1) is 36.0 Å². The number of allylic oxidation sites excluding steroid dienone is 2. The highest BCUT2D eigenvalue weighted by Gasteiger charge is 2.59. The standard InChI is InChI=1S/C20H17BrN2O4/c1-3-6-27-18-13(8-14(21)9-15(18)26-2)10-22-23-19(24)16-11-4-5-12(7-11)17(16)20(23)25/h1,4-5,8-12,16-17H,6-7H2,2H3. The zero-order valence-electron chi connectivity index (χ0n) is 14.6. The Kier molecular flexibility index (Phi) is 4.52. The molecule has 2 aliphatic carbocycles. The van der Waals surface area contributed by atoms with Crippen LogP contribution in [0.5, 0.6) is 11.5 Å². The lowest BCUT2D eigenvalue weighted by Crippen LogP contribution is -2.28. The summed E-state index contributed by atoms with van der Waals surface area (Å²) >= 11 is 3.40. The van der Waals surface area contributed by atoms with Gasteiger partial charge in [-0.1, -0.05) is 34.0 Å². The van der Waals surface area contributed by atoms with Crippen molar-refractivity contribution in [2.75, 3.05) is 13.7 Å². The molecule has 2 bridgehead atoms. The fraction of sp³-hybridized carbons (Fsp3) is 0.350. The minimum atomic E-state index is -0.279. The van der Waals surface area contributed by atoms with E-state index in [0.29, 0.717) is 17.1 Å². The molecule has 0 radical (unpaired) electrons. The van der Waals surface area contributed by atoms with E-state index in [9.17, 15) is 9.59 Å². The lowest BCUT2D eigenvalue weighted by Gasteiger charge is -2.14. The van der Waals surface area contributed by atoms with Crippen molar-refractivity contribution in [3.8, 4) is 23.8 Å². The van der Waals surface area contributed by atoms with Crippen LogP contribution in [0.3, 0.4) is 0 Å². The molecule has 0 spiro atoms. The van der Waals surface area contributed by atoms with E-state index >= 15 is 0 Å². The van der Waals surface area contributed by atoms with Crippen molar-refractivity contribution in [1.29, 1.82) is 0 Å². The highest BCUT2D eigenvalue weighted by molar-refractivity contribution is 9.10. The number of hydrogen-bond acceptors (Lipinski definition) is 5. The monoisotopic (exact) mass is 428 g/mol. The summed E-state index contributed by atoms with van der Waals surface area (Å²) < 4.78 is 11.7. The Balaban J connectivity index is 1.64. The van der Waals surface area contributed by atoms with Gasteiger partial charge in [0.2, 0.25) is 0 Å². The number of carbonyl (C=O) groups excluding carboxylic acids is 2. The van der Waals surface area contributed by atoms with Crippen LogP contribution >= 0.6 is 15.9 Å². The quantitative estimate of drug-likeness (QED) is 0.312. The number of nitrogens with zero attached hydrogens (tertiary/aromatic N) is 2. The first-order valence-corrected chi connectivity index (χ1v) is 9.38. The van der Waals surface area contributed by atoms with Crippen LogP contribution in [0.4, 0.5) is 0 Å². The SMILES string of the molecule is C#CCOc1c(C=NN2C(=O)C3C4C=CC(C4)C3C2=O)cc(Br)cc1OC. The number of imide groups is 1. The third kappa shape index (κ3) is 2.85. The highest BCUT2D eigenvalue weighted by Crippen LogP contribution is 2.52. The molecule has 1 saturated carbocycles. The van der Waals surface area contributed by atoms with E-state index in [1.165, 1.54) is 13.3 Å². The summed E-state index contributed by atoms with van der Waals surface area (Å²) in [6.07, 6.45) is 11.7. The minimum Gasteiger partial charge on any atom is -0.493 e. The Morgan fingerprint density at radius 3 is 2.56 bits per heavy atom. The molecule has 3 aliphatic rings. The van der Waals surface area contributed by atoms with E-state index in [1.54, 1.807) is 12.1 Å². The molecule has 6 nitrogen and oxygen atoms in total. The number of amides is 2. The van der Waals surface area contributed by atoms with Gasteiger partial charge in [-0.05, 0) is 30.4 Å². The molecular formula is C20H17BrN2O4. The normalized spacial score (nSPS) is 28.1. The lowest BCUT2D eigenvalue weighted by molar-refractivity contribution is -0.140. The van der Waals surface area contributed by atoms with Gasteiger partial charge in [0.25, 0.3) is 11.8 Å². The average molecular weight is 429 g/mol. The molecule has 7 heteroatoms. The second-order valence-electron chi connectivity index (χ2n) is 6.75. The van der Waals surface area contributed by atoms with E-state index < -0.39 is 0 Å². The maximum atomic E-state index is 12.7. The molecule has 1 heterocycles. The fourth-order valence-electron chi connectivity index (χ4n) is 4.22. The molecule has 2 amide bonds. The minimum absolute atomic E-state index is 0.0551. The first-order chi connectivity index (χ1) is 13.0. The maximum Gasteiger partial charge on any atom is 0.254 e. The molecule has 4 rings (SSSR count). The predicted octanol–water partition coefficient (Wildman–Crippen LogP) is 2.61. The number of hydrazone groups is 1. The van der Waals surface area contributed by atoms with Crippen LogP contribution in [0.15, 0.2) is 33.9 Å². The Morgan fingerprint density at radius 1 is 1.30 bits per heavy atom. The molecular weight excluding hydrogens is 412 g/mol. The van der Waals surface area contributed by atoms with Crippen molar-refractivity contribution >= 4 is 34.0 Å². The van der Waals surface area contributed by atoms with Crippen molar-refractivity contribution < 1.29 is 19.1 Å². The summed E-state index contributed by atoms with van der Waals surface area (Å²) in [5.41, 5.74) is 0.551. The Morgan fingerprint density at radius 2 is 1.96 bits per heavy atom. The van der Waals surface area contributed by atoms with E-state index in [0.717, 1.165) is 15.9 Å². The molecule has 1 aromatic carbocycles. The third-order valence-corrected chi connectivity index (χ3v) is 5.79. The van der Waals surface area contributed by atoms with Gasteiger partial charge in [0.05, 0.1) is 25.2 Å². The van der Waals surface area contributed by atoms with Crippen LogP contribution in [0.1, 0.15) is 12.0 Å². The number of methoxy groups -OCH3 is 1. The summed E-state index contributed by atoms with van der Waals surface area (Å²) in [4.78, 5) is 25.4. The summed E-state index contributed by atoms with van der Waals surface area (Å²) in [6, 6.07) is 3.50. The molecule has 4 unspecified atom stereocenters. The highest BCUT2D eigenvalue weighted by atomic mass is 79.9. The van der Waals surface area contributed by atoms with Crippen LogP contribution in [-0.2, 0) is 9.59 Å². The molecule has 27 heavy (non-hydrogen) atoms. The number of hydrogen-bond donors (Lipinski definition) is 0. The van der Waals surface area contributed by atoms with Crippen LogP contribution < -0.4 is 9.47 Å².